The monoisotopic (exact) mass is 340 g/mol. The van der Waals surface area contributed by atoms with E-state index in [1.807, 2.05) is 55.5 Å². The van der Waals surface area contributed by atoms with Gasteiger partial charge in [-0.1, -0.05) is 49.7 Å². The van der Waals surface area contributed by atoms with Crippen LogP contribution in [0.4, 0.5) is 4.79 Å². The van der Waals surface area contributed by atoms with E-state index in [0.29, 0.717) is 0 Å². The molecule has 1 heterocycles. The van der Waals surface area contributed by atoms with Gasteiger partial charge in [-0.25, -0.2) is 4.79 Å². The first-order valence-corrected chi connectivity index (χ1v) is 8.69. The Labute approximate surface area is 148 Å². The van der Waals surface area contributed by atoms with Gasteiger partial charge in [0.05, 0.1) is 12.1 Å². The van der Waals surface area contributed by atoms with Gasteiger partial charge in [0.2, 0.25) is 6.79 Å². The summed E-state index contributed by atoms with van der Waals surface area (Å²) < 4.78 is 10.7. The highest BCUT2D eigenvalue weighted by Crippen LogP contribution is 2.34. The molecule has 0 saturated heterocycles. The lowest BCUT2D eigenvalue weighted by atomic mass is 10.0. The number of carbonyl (C=O) groups excluding carboxylic acids is 1. The van der Waals surface area contributed by atoms with Gasteiger partial charge in [-0.05, 0) is 36.6 Å². The molecule has 1 aliphatic rings. The van der Waals surface area contributed by atoms with Crippen molar-refractivity contribution in [3.8, 4) is 11.5 Å². The molecule has 0 aliphatic carbocycles. The number of benzene rings is 2. The van der Waals surface area contributed by atoms with Crippen molar-refractivity contribution in [1.29, 1.82) is 0 Å². The van der Waals surface area contributed by atoms with E-state index in [1.54, 1.807) is 0 Å². The SMILES string of the molecule is CCC[C@H](NC(=O)N[C@@H](C)c1ccc2c(c1)OCO2)c1ccccc1. The second kappa shape index (κ2) is 7.92. The standard InChI is InChI=1S/C20H24N2O3/c1-3-7-17(15-8-5-4-6-9-15)22-20(23)21-14(2)16-10-11-18-19(12-16)25-13-24-18/h4-6,8-12,14,17H,3,7,13H2,1-2H3,(H2,21,22,23)/t14-,17-/m0/s1. The van der Waals surface area contributed by atoms with E-state index in [2.05, 4.69) is 17.6 Å². The average molecular weight is 340 g/mol. The zero-order valence-electron chi connectivity index (χ0n) is 14.6. The number of ether oxygens (including phenoxy) is 2. The molecule has 3 rings (SSSR count). The molecule has 0 spiro atoms. The lowest BCUT2D eigenvalue weighted by Gasteiger charge is -2.21. The van der Waals surface area contributed by atoms with E-state index in [1.165, 1.54) is 0 Å². The highest BCUT2D eigenvalue weighted by atomic mass is 16.7. The van der Waals surface area contributed by atoms with Crippen LogP contribution in [-0.2, 0) is 0 Å². The molecule has 132 valence electrons. The van der Waals surface area contributed by atoms with Crippen molar-refractivity contribution in [3.05, 3.63) is 59.7 Å². The molecule has 0 unspecified atom stereocenters. The number of hydrogen-bond acceptors (Lipinski definition) is 3. The van der Waals surface area contributed by atoms with Crippen molar-refractivity contribution < 1.29 is 14.3 Å². The number of hydrogen-bond donors (Lipinski definition) is 2. The van der Waals surface area contributed by atoms with Gasteiger partial charge in [0.15, 0.2) is 11.5 Å². The summed E-state index contributed by atoms with van der Waals surface area (Å²) in [7, 11) is 0. The smallest absolute Gasteiger partial charge is 0.315 e. The van der Waals surface area contributed by atoms with Crippen LogP contribution in [0.2, 0.25) is 0 Å². The van der Waals surface area contributed by atoms with Crippen molar-refractivity contribution in [2.45, 2.75) is 38.8 Å². The topological polar surface area (TPSA) is 59.6 Å². The van der Waals surface area contributed by atoms with Crippen LogP contribution in [0.3, 0.4) is 0 Å². The molecular formula is C20H24N2O3. The summed E-state index contributed by atoms with van der Waals surface area (Å²) in [5, 5.41) is 6.08. The minimum atomic E-state index is -0.174. The Hall–Kier alpha value is -2.69. The van der Waals surface area contributed by atoms with Crippen molar-refractivity contribution in [1.82, 2.24) is 10.6 Å². The Kier molecular flexibility index (Phi) is 5.43. The number of urea groups is 1. The summed E-state index contributed by atoms with van der Waals surface area (Å²) in [5.41, 5.74) is 2.10. The fraction of sp³-hybridized carbons (Fsp3) is 0.350. The van der Waals surface area contributed by atoms with Crippen molar-refractivity contribution >= 4 is 6.03 Å². The van der Waals surface area contributed by atoms with Gasteiger partial charge in [-0.15, -0.1) is 0 Å². The quantitative estimate of drug-likeness (QED) is 0.823. The molecule has 0 radical (unpaired) electrons. The molecule has 0 bridgehead atoms. The molecule has 5 heteroatoms. The third kappa shape index (κ3) is 4.24. The first kappa shape index (κ1) is 17.1. The van der Waals surface area contributed by atoms with E-state index in [4.69, 9.17) is 9.47 Å². The lowest BCUT2D eigenvalue weighted by molar-refractivity contribution is 0.174. The Morgan fingerprint density at radius 3 is 2.56 bits per heavy atom. The zero-order chi connectivity index (χ0) is 17.6. The van der Waals surface area contributed by atoms with E-state index >= 15 is 0 Å². The number of amides is 2. The second-order valence-electron chi connectivity index (χ2n) is 6.20. The van der Waals surface area contributed by atoms with Crippen molar-refractivity contribution in [2.75, 3.05) is 6.79 Å². The molecule has 2 N–H and O–H groups in total. The van der Waals surface area contributed by atoms with Gasteiger partial charge in [-0.2, -0.15) is 0 Å². The number of nitrogens with one attached hydrogen (secondary N) is 2. The zero-order valence-corrected chi connectivity index (χ0v) is 14.6. The molecule has 0 saturated carbocycles. The van der Waals surface area contributed by atoms with Gasteiger partial charge >= 0.3 is 6.03 Å². The summed E-state index contributed by atoms with van der Waals surface area (Å²) in [6, 6.07) is 15.5. The Morgan fingerprint density at radius 1 is 1.04 bits per heavy atom. The van der Waals surface area contributed by atoms with Crippen LogP contribution in [0.1, 0.15) is 49.9 Å². The molecule has 1 aliphatic heterocycles. The van der Waals surface area contributed by atoms with Crippen LogP contribution in [-0.4, -0.2) is 12.8 Å². The van der Waals surface area contributed by atoms with Crippen LogP contribution < -0.4 is 20.1 Å². The third-order valence-electron chi connectivity index (χ3n) is 4.33. The molecule has 5 nitrogen and oxygen atoms in total. The highest BCUT2D eigenvalue weighted by Gasteiger charge is 2.18. The lowest BCUT2D eigenvalue weighted by Crippen LogP contribution is -2.39. The van der Waals surface area contributed by atoms with Crippen LogP contribution in [0.5, 0.6) is 11.5 Å². The number of carbonyl (C=O) groups is 1. The summed E-state index contributed by atoms with van der Waals surface area (Å²) in [4.78, 5) is 12.4. The minimum absolute atomic E-state index is 0.00940. The maximum Gasteiger partial charge on any atom is 0.315 e. The highest BCUT2D eigenvalue weighted by molar-refractivity contribution is 5.75. The van der Waals surface area contributed by atoms with E-state index in [9.17, 15) is 4.79 Å². The van der Waals surface area contributed by atoms with Crippen LogP contribution in [0.15, 0.2) is 48.5 Å². The van der Waals surface area contributed by atoms with E-state index < -0.39 is 0 Å². The summed E-state index contributed by atoms with van der Waals surface area (Å²) in [5.74, 6) is 1.46. The summed E-state index contributed by atoms with van der Waals surface area (Å²) >= 11 is 0. The van der Waals surface area contributed by atoms with Gasteiger partial charge in [0.1, 0.15) is 0 Å². The molecule has 0 aromatic heterocycles. The molecular weight excluding hydrogens is 316 g/mol. The maximum absolute atomic E-state index is 12.4. The van der Waals surface area contributed by atoms with Crippen LogP contribution in [0, 0.1) is 0 Å². The van der Waals surface area contributed by atoms with E-state index in [-0.39, 0.29) is 24.9 Å². The molecule has 25 heavy (non-hydrogen) atoms. The largest absolute Gasteiger partial charge is 0.454 e. The minimum Gasteiger partial charge on any atom is -0.454 e. The van der Waals surface area contributed by atoms with Gasteiger partial charge < -0.3 is 20.1 Å². The molecule has 0 fully saturated rings. The van der Waals surface area contributed by atoms with Crippen molar-refractivity contribution in [2.24, 2.45) is 0 Å². The molecule has 2 atom stereocenters. The van der Waals surface area contributed by atoms with Gasteiger partial charge in [0.25, 0.3) is 0 Å². The Balaban J connectivity index is 1.62. The van der Waals surface area contributed by atoms with Crippen LogP contribution >= 0.6 is 0 Å². The molecule has 2 aromatic rings. The van der Waals surface area contributed by atoms with Crippen LogP contribution in [0.25, 0.3) is 0 Å². The molecule has 2 amide bonds. The predicted octanol–water partition coefficient (Wildman–Crippen LogP) is 4.32. The maximum atomic E-state index is 12.4. The number of rotatable bonds is 6. The Morgan fingerprint density at radius 2 is 1.80 bits per heavy atom. The summed E-state index contributed by atoms with van der Waals surface area (Å²) in [6.07, 6.45) is 1.90. The normalized spacial score (nSPS) is 14.6. The number of fused-ring (bicyclic) bond motifs is 1. The second-order valence-corrected chi connectivity index (χ2v) is 6.20. The third-order valence-corrected chi connectivity index (χ3v) is 4.33. The Bertz CT molecular complexity index is 718. The van der Waals surface area contributed by atoms with E-state index in [0.717, 1.165) is 35.5 Å². The average Bonchev–Trinajstić information content (AvgIpc) is 3.09. The molecule has 2 aromatic carbocycles. The van der Waals surface area contributed by atoms with Crippen molar-refractivity contribution in [3.63, 3.8) is 0 Å². The fourth-order valence-corrected chi connectivity index (χ4v) is 2.96. The first-order chi connectivity index (χ1) is 12.2. The van der Waals surface area contributed by atoms with Gasteiger partial charge in [-0.3, -0.25) is 0 Å². The summed E-state index contributed by atoms with van der Waals surface area (Å²) in [6.45, 7) is 4.32. The first-order valence-electron chi connectivity index (χ1n) is 8.69. The fourth-order valence-electron chi connectivity index (χ4n) is 2.96. The van der Waals surface area contributed by atoms with Gasteiger partial charge in [0, 0.05) is 0 Å². The predicted molar refractivity (Wildman–Crippen MR) is 96.7 cm³/mol.